The van der Waals surface area contributed by atoms with E-state index in [1.54, 1.807) is 0 Å². The molecule has 0 amide bonds. The smallest absolute Gasteiger partial charge is 0.305 e. The first-order chi connectivity index (χ1) is 16.4. The fourth-order valence-electron chi connectivity index (χ4n) is 5.90. The van der Waals surface area contributed by atoms with Crippen molar-refractivity contribution in [3.8, 4) is 5.75 Å². The van der Waals surface area contributed by atoms with Gasteiger partial charge in [-0.3, -0.25) is 14.4 Å². The van der Waals surface area contributed by atoms with Crippen molar-refractivity contribution in [2.24, 2.45) is 10.8 Å². The molecule has 2 aliphatic carbocycles. The summed E-state index contributed by atoms with van der Waals surface area (Å²) < 4.78 is 6.10. The minimum Gasteiger partial charge on any atom is -0.493 e. The molecule has 0 unspecified atom stereocenters. The number of carbonyl (C=O) groups is 3. The lowest BCUT2D eigenvalue weighted by atomic mass is 9.63. The van der Waals surface area contributed by atoms with E-state index in [1.807, 2.05) is 36.1 Å². The minimum atomic E-state index is -0.891. The molecule has 3 aliphatic rings. The third-order valence-electron chi connectivity index (χ3n) is 7.26. The second-order valence-corrected chi connectivity index (χ2v) is 11.7. The van der Waals surface area contributed by atoms with Crippen molar-refractivity contribution >= 4 is 17.5 Å². The number of nitrogens with zero attached hydrogens (tertiary/aromatic N) is 1. The minimum absolute atomic E-state index is 0.0380. The van der Waals surface area contributed by atoms with Crippen LogP contribution in [0.4, 0.5) is 0 Å². The highest BCUT2D eigenvalue weighted by Crippen LogP contribution is 2.55. The Morgan fingerprint density at radius 3 is 2.03 bits per heavy atom. The van der Waals surface area contributed by atoms with E-state index in [2.05, 4.69) is 27.7 Å². The molecule has 1 heterocycles. The number of ketones is 2. The van der Waals surface area contributed by atoms with E-state index in [0.29, 0.717) is 49.2 Å². The highest BCUT2D eigenvalue weighted by atomic mass is 16.5. The third kappa shape index (κ3) is 4.93. The number of hydrogen-bond donors (Lipinski definition) is 1. The Morgan fingerprint density at radius 1 is 0.971 bits per heavy atom. The Bertz CT molecular complexity index is 1070. The number of hydrogen-bond acceptors (Lipinski definition) is 5. The molecule has 0 radical (unpaired) electrons. The molecular weight excluding hydrogens is 442 g/mol. The van der Waals surface area contributed by atoms with Gasteiger partial charge in [0.15, 0.2) is 11.6 Å². The zero-order chi connectivity index (χ0) is 25.5. The first-order valence-electron chi connectivity index (χ1n) is 12.7. The molecule has 1 N–H and O–H groups in total. The van der Waals surface area contributed by atoms with E-state index in [-0.39, 0.29) is 35.4 Å². The second-order valence-electron chi connectivity index (χ2n) is 11.7. The maximum Gasteiger partial charge on any atom is 0.305 e. The summed E-state index contributed by atoms with van der Waals surface area (Å²) in [7, 11) is 0. The van der Waals surface area contributed by atoms with Crippen LogP contribution < -0.4 is 4.74 Å². The van der Waals surface area contributed by atoms with Gasteiger partial charge in [0, 0.05) is 53.4 Å². The van der Waals surface area contributed by atoms with Gasteiger partial charge in [0.1, 0.15) is 5.75 Å². The molecule has 0 saturated heterocycles. The highest BCUT2D eigenvalue weighted by Gasteiger charge is 2.49. The maximum absolute atomic E-state index is 13.8. The van der Waals surface area contributed by atoms with Crippen LogP contribution >= 0.6 is 0 Å². The molecule has 6 heteroatoms. The molecule has 4 rings (SSSR count). The maximum atomic E-state index is 13.8. The van der Waals surface area contributed by atoms with E-state index in [0.717, 1.165) is 23.4 Å². The van der Waals surface area contributed by atoms with E-state index < -0.39 is 11.9 Å². The SMILES string of the molecule is CCCOc1ccccc1C1C2=C(CC(C)(C)CC2=O)N(CCC(=O)O)C2=C1C(=O)CC(C)(C)C2. The zero-order valence-electron chi connectivity index (χ0n) is 21.6. The fraction of sp³-hybridized carbons (Fsp3) is 0.552. The molecule has 0 saturated carbocycles. The highest BCUT2D eigenvalue weighted by molar-refractivity contribution is 6.07. The molecule has 0 bridgehead atoms. The number of carbonyl (C=O) groups excluding carboxylic acids is 2. The van der Waals surface area contributed by atoms with Crippen molar-refractivity contribution in [2.45, 2.75) is 79.1 Å². The molecule has 0 aromatic heterocycles. The molecule has 0 spiro atoms. The summed E-state index contributed by atoms with van der Waals surface area (Å²) >= 11 is 0. The van der Waals surface area contributed by atoms with Crippen molar-refractivity contribution in [2.75, 3.05) is 13.2 Å². The van der Waals surface area contributed by atoms with Crippen LogP contribution in [0.5, 0.6) is 5.75 Å². The number of allylic oxidation sites excluding steroid dienone is 4. The summed E-state index contributed by atoms with van der Waals surface area (Å²) in [5, 5.41) is 9.49. The molecular formula is C29H37NO5. The van der Waals surface area contributed by atoms with Gasteiger partial charge in [-0.25, -0.2) is 0 Å². The van der Waals surface area contributed by atoms with Gasteiger partial charge in [-0.1, -0.05) is 52.8 Å². The number of benzene rings is 1. The van der Waals surface area contributed by atoms with Gasteiger partial charge < -0.3 is 14.7 Å². The summed E-state index contributed by atoms with van der Waals surface area (Å²) in [4.78, 5) is 41.1. The van der Waals surface area contributed by atoms with Crippen LogP contribution in [0.3, 0.4) is 0 Å². The number of ether oxygens (including phenoxy) is 1. The number of aliphatic carboxylic acids is 1. The lowest BCUT2D eigenvalue weighted by molar-refractivity contribution is -0.137. The van der Waals surface area contributed by atoms with Gasteiger partial charge in [-0.15, -0.1) is 0 Å². The Morgan fingerprint density at radius 2 is 1.51 bits per heavy atom. The number of rotatable bonds is 7. The lowest BCUT2D eigenvalue weighted by Crippen LogP contribution is -2.45. The van der Waals surface area contributed by atoms with Crippen LogP contribution in [-0.2, 0) is 14.4 Å². The first kappa shape index (κ1) is 25.2. The van der Waals surface area contributed by atoms with E-state index >= 15 is 0 Å². The molecule has 1 aliphatic heterocycles. The standard InChI is InChI=1S/C29H37NO5/c1-6-13-35-23-10-8-7-9-18(23)25-26-19(14-28(2,3)16-21(26)31)30(12-11-24(33)34)20-15-29(4,5)17-22(32)27(20)25/h7-10,25H,6,11-17H2,1-5H3,(H,33,34). The van der Waals surface area contributed by atoms with Gasteiger partial charge >= 0.3 is 5.97 Å². The van der Waals surface area contributed by atoms with Crippen molar-refractivity contribution in [3.05, 3.63) is 52.4 Å². The van der Waals surface area contributed by atoms with Crippen LogP contribution in [0.25, 0.3) is 0 Å². The summed E-state index contributed by atoms with van der Waals surface area (Å²) in [6, 6.07) is 7.73. The topological polar surface area (TPSA) is 83.9 Å². The van der Waals surface area contributed by atoms with Gasteiger partial charge in [0.05, 0.1) is 13.0 Å². The van der Waals surface area contributed by atoms with Gasteiger partial charge in [-0.2, -0.15) is 0 Å². The van der Waals surface area contributed by atoms with Crippen LogP contribution in [0.15, 0.2) is 46.8 Å². The molecule has 1 aromatic carbocycles. The third-order valence-corrected chi connectivity index (χ3v) is 7.26. The number of para-hydroxylation sites is 1. The van der Waals surface area contributed by atoms with E-state index in [9.17, 15) is 19.5 Å². The molecule has 1 aromatic rings. The van der Waals surface area contributed by atoms with Crippen LogP contribution in [0.1, 0.15) is 84.6 Å². The molecule has 0 atom stereocenters. The first-order valence-corrected chi connectivity index (χ1v) is 12.7. The zero-order valence-corrected chi connectivity index (χ0v) is 21.6. The lowest BCUT2D eigenvalue weighted by Gasteiger charge is -2.49. The summed E-state index contributed by atoms with van der Waals surface area (Å²) in [6.07, 6.45) is 2.91. The Labute approximate surface area is 208 Å². The van der Waals surface area contributed by atoms with Crippen molar-refractivity contribution in [1.82, 2.24) is 4.90 Å². The second kappa shape index (κ2) is 9.29. The Hall–Kier alpha value is -2.89. The van der Waals surface area contributed by atoms with Gasteiger partial charge in [-0.05, 0) is 36.2 Å². The number of carboxylic acid groups (broad SMARTS) is 1. The van der Waals surface area contributed by atoms with Crippen LogP contribution in [-0.4, -0.2) is 40.7 Å². The summed E-state index contributed by atoms with van der Waals surface area (Å²) in [5.41, 5.74) is 3.42. The average Bonchev–Trinajstić information content (AvgIpc) is 2.74. The Kier molecular flexibility index (Phi) is 6.69. The van der Waals surface area contributed by atoms with Crippen molar-refractivity contribution < 1.29 is 24.2 Å². The average molecular weight is 480 g/mol. The molecule has 188 valence electrons. The predicted molar refractivity (Wildman–Crippen MR) is 134 cm³/mol. The number of carboxylic acids is 1. The summed E-state index contributed by atoms with van der Waals surface area (Å²) in [6.45, 7) is 11.2. The monoisotopic (exact) mass is 479 g/mol. The van der Waals surface area contributed by atoms with Gasteiger partial charge in [0.25, 0.3) is 0 Å². The quantitative estimate of drug-likeness (QED) is 0.545. The largest absolute Gasteiger partial charge is 0.493 e. The summed E-state index contributed by atoms with van der Waals surface area (Å²) in [5.74, 6) is -0.599. The fourth-order valence-corrected chi connectivity index (χ4v) is 5.90. The van der Waals surface area contributed by atoms with Crippen molar-refractivity contribution in [3.63, 3.8) is 0 Å². The molecule has 0 fully saturated rings. The normalized spacial score (nSPS) is 21.7. The predicted octanol–water partition coefficient (Wildman–Crippen LogP) is 5.64. The Balaban J connectivity index is 1.98. The molecule has 35 heavy (non-hydrogen) atoms. The number of Topliss-reactive ketones (excluding diaryl/α,β-unsaturated/α-hetero) is 2. The van der Waals surface area contributed by atoms with Crippen molar-refractivity contribution in [1.29, 1.82) is 0 Å². The van der Waals surface area contributed by atoms with Crippen LogP contribution in [0.2, 0.25) is 0 Å². The van der Waals surface area contributed by atoms with E-state index in [1.165, 1.54) is 0 Å². The molecule has 6 nitrogen and oxygen atoms in total. The van der Waals surface area contributed by atoms with E-state index in [4.69, 9.17) is 4.74 Å². The van der Waals surface area contributed by atoms with Crippen LogP contribution in [0, 0.1) is 10.8 Å². The van der Waals surface area contributed by atoms with Gasteiger partial charge in [0.2, 0.25) is 0 Å².